The highest BCUT2D eigenvalue weighted by atomic mass is 32.2. The van der Waals surface area contributed by atoms with Gasteiger partial charge in [0.2, 0.25) is 0 Å². The molecule has 1 heterocycles. The first-order chi connectivity index (χ1) is 7.85. The maximum absolute atomic E-state index is 5.25. The summed E-state index contributed by atoms with van der Waals surface area (Å²) in [6, 6.07) is 6.17. The van der Waals surface area contributed by atoms with Gasteiger partial charge in [-0.25, -0.2) is 0 Å². The van der Waals surface area contributed by atoms with Gasteiger partial charge in [-0.2, -0.15) is 11.8 Å². The molecule has 0 saturated carbocycles. The van der Waals surface area contributed by atoms with E-state index in [-0.39, 0.29) is 0 Å². The first-order valence-electron chi connectivity index (χ1n) is 5.57. The Morgan fingerprint density at radius 1 is 1.38 bits per heavy atom. The summed E-state index contributed by atoms with van der Waals surface area (Å²) in [5.74, 6) is 3.29. The van der Waals surface area contributed by atoms with Crippen molar-refractivity contribution in [3.8, 4) is 5.75 Å². The van der Waals surface area contributed by atoms with Crippen LogP contribution in [0.3, 0.4) is 0 Å². The van der Waals surface area contributed by atoms with E-state index in [4.69, 9.17) is 4.74 Å². The fraction of sp³-hybridized carbons (Fsp3) is 0.385. The Morgan fingerprint density at radius 2 is 2.25 bits per heavy atom. The fourth-order valence-corrected chi connectivity index (χ4v) is 2.47. The molecule has 0 spiro atoms. The van der Waals surface area contributed by atoms with Crippen molar-refractivity contribution in [1.29, 1.82) is 0 Å². The quantitative estimate of drug-likeness (QED) is 0.803. The van der Waals surface area contributed by atoms with Crippen molar-refractivity contribution in [2.24, 2.45) is 0 Å². The van der Waals surface area contributed by atoms with Crippen molar-refractivity contribution in [2.45, 2.75) is 13.3 Å². The van der Waals surface area contributed by atoms with Gasteiger partial charge in [0.15, 0.2) is 0 Å². The Kier molecular flexibility index (Phi) is 3.78. The summed E-state index contributed by atoms with van der Waals surface area (Å²) < 4.78 is 5.25. The van der Waals surface area contributed by atoms with Gasteiger partial charge >= 0.3 is 0 Å². The smallest absolute Gasteiger partial charge is 0.119 e. The van der Waals surface area contributed by atoms with Crippen LogP contribution in [0.4, 0.5) is 0 Å². The average Bonchev–Trinajstić information content (AvgIpc) is 2.72. The van der Waals surface area contributed by atoms with Gasteiger partial charge in [0.1, 0.15) is 5.75 Å². The Hall–Kier alpha value is -1.09. The van der Waals surface area contributed by atoms with E-state index in [0.717, 1.165) is 12.2 Å². The number of aromatic amines is 1. The molecule has 2 nitrogen and oxygen atoms in total. The van der Waals surface area contributed by atoms with E-state index < -0.39 is 0 Å². The standard InChI is InChI=1S/C13H17NOS/c1-3-16-7-6-10-9-14-13-5-4-11(15-2)8-12(10)13/h4-5,8-9,14H,3,6-7H2,1-2H3. The lowest BCUT2D eigenvalue weighted by Crippen LogP contribution is -1.88. The third-order valence-corrected chi connectivity index (χ3v) is 3.60. The number of aromatic nitrogens is 1. The van der Waals surface area contributed by atoms with Gasteiger partial charge in [-0.1, -0.05) is 6.92 Å². The minimum Gasteiger partial charge on any atom is -0.497 e. The molecule has 2 rings (SSSR count). The van der Waals surface area contributed by atoms with Gasteiger partial charge in [-0.3, -0.25) is 0 Å². The molecular formula is C13H17NOS. The summed E-state index contributed by atoms with van der Waals surface area (Å²) >= 11 is 1.98. The summed E-state index contributed by atoms with van der Waals surface area (Å²) in [5, 5.41) is 1.29. The predicted octanol–water partition coefficient (Wildman–Crippen LogP) is 3.47. The molecule has 16 heavy (non-hydrogen) atoms. The summed E-state index contributed by atoms with van der Waals surface area (Å²) in [7, 11) is 1.71. The number of H-pyrrole nitrogens is 1. The summed E-state index contributed by atoms with van der Waals surface area (Å²) in [5.41, 5.74) is 2.58. The molecule has 0 aliphatic heterocycles. The first kappa shape index (κ1) is 11.4. The number of nitrogens with one attached hydrogen (secondary N) is 1. The first-order valence-corrected chi connectivity index (χ1v) is 6.72. The largest absolute Gasteiger partial charge is 0.497 e. The van der Waals surface area contributed by atoms with Gasteiger partial charge in [0.05, 0.1) is 7.11 Å². The molecular weight excluding hydrogens is 218 g/mol. The number of hydrogen-bond donors (Lipinski definition) is 1. The van der Waals surface area contributed by atoms with E-state index >= 15 is 0 Å². The van der Waals surface area contributed by atoms with Crippen LogP contribution in [0.2, 0.25) is 0 Å². The van der Waals surface area contributed by atoms with Crippen LogP contribution in [0.25, 0.3) is 10.9 Å². The molecule has 0 atom stereocenters. The maximum Gasteiger partial charge on any atom is 0.119 e. The zero-order valence-electron chi connectivity index (χ0n) is 9.75. The highest BCUT2D eigenvalue weighted by Crippen LogP contribution is 2.24. The van der Waals surface area contributed by atoms with Crippen LogP contribution in [0.1, 0.15) is 12.5 Å². The van der Waals surface area contributed by atoms with Crippen LogP contribution in [0.5, 0.6) is 5.75 Å². The molecule has 2 aromatic rings. The van der Waals surface area contributed by atoms with Crippen molar-refractivity contribution < 1.29 is 4.74 Å². The third kappa shape index (κ3) is 2.35. The van der Waals surface area contributed by atoms with E-state index in [0.29, 0.717) is 0 Å². The fourth-order valence-electron chi connectivity index (χ4n) is 1.82. The molecule has 1 aromatic heterocycles. The highest BCUT2D eigenvalue weighted by Gasteiger charge is 2.04. The van der Waals surface area contributed by atoms with Crippen molar-refractivity contribution >= 4 is 22.7 Å². The van der Waals surface area contributed by atoms with E-state index in [2.05, 4.69) is 30.2 Å². The van der Waals surface area contributed by atoms with Crippen molar-refractivity contribution in [1.82, 2.24) is 4.98 Å². The number of methoxy groups -OCH3 is 1. The SMILES string of the molecule is CCSCCc1c[nH]c2ccc(OC)cc12. The molecule has 0 aliphatic carbocycles. The van der Waals surface area contributed by atoms with E-state index in [9.17, 15) is 0 Å². The molecule has 0 fully saturated rings. The van der Waals surface area contributed by atoms with Gasteiger partial charge < -0.3 is 9.72 Å². The van der Waals surface area contributed by atoms with Gasteiger partial charge in [0, 0.05) is 17.1 Å². The van der Waals surface area contributed by atoms with Crippen LogP contribution >= 0.6 is 11.8 Å². The lowest BCUT2D eigenvalue weighted by Gasteiger charge is -2.01. The molecule has 0 aliphatic rings. The van der Waals surface area contributed by atoms with Crippen LogP contribution in [-0.2, 0) is 6.42 Å². The second-order valence-corrected chi connectivity index (χ2v) is 5.07. The van der Waals surface area contributed by atoms with E-state index in [1.165, 1.54) is 28.0 Å². The van der Waals surface area contributed by atoms with Gasteiger partial charge in [0.25, 0.3) is 0 Å². The lowest BCUT2D eigenvalue weighted by atomic mass is 10.1. The van der Waals surface area contributed by atoms with Crippen molar-refractivity contribution in [2.75, 3.05) is 18.6 Å². The number of hydrogen-bond acceptors (Lipinski definition) is 2. The molecule has 3 heteroatoms. The van der Waals surface area contributed by atoms with Crippen LogP contribution in [-0.4, -0.2) is 23.6 Å². The second-order valence-electron chi connectivity index (χ2n) is 3.67. The molecule has 0 saturated heterocycles. The number of fused-ring (bicyclic) bond motifs is 1. The Balaban J connectivity index is 2.24. The van der Waals surface area contributed by atoms with Crippen LogP contribution in [0.15, 0.2) is 24.4 Å². The topological polar surface area (TPSA) is 25.0 Å². The third-order valence-electron chi connectivity index (χ3n) is 2.69. The normalized spacial score (nSPS) is 10.9. The van der Waals surface area contributed by atoms with Crippen LogP contribution < -0.4 is 4.74 Å². The molecule has 1 N–H and O–H groups in total. The zero-order chi connectivity index (χ0) is 11.4. The number of thioether (sulfide) groups is 1. The van der Waals surface area contributed by atoms with Crippen LogP contribution in [0, 0.1) is 0 Å². The molecule has 0 bridgehead atoms. The summed E-state index contributed by atoms with van der Waals surface area (Å²) in [6.07, 6.45) is 3.23. The number of ether oxygens (including phenoxy) is 1. The Morgan fingerprint density at radius 3 is 3.00 bits per heavy atom. The van der Waals surface area contributed by atoms with Crippen molar-refractivity contribution in [3.05, 3.63) is 30.0 Å². The highest BCUT2D eigenvalue weighted by molar-refractivity contribution is 7.99. The van der Waals surface area contributed by atoms with E-state index in [1.54, 1.807) is 7.11 Å². The van der Waals surface area contributed by atoms with Gasteiger partial charge in [-0.15, -0.1) is 0 Å². The molecule has 86 valence electrons. The maximum atomic E-state index is 5.25. The predicted molar refractivity (Wildman–Crippen MR) is 71.6 cm³/mol. The number of aryl methyl sites for hydroxylation is 1. The molecule has 0 amide bonds. The molecule has 1 aromatic carbocycles. The second kappa shape index (κ2) is 5.30. The number of rotatable bonds is 5. The van der Waals surface area contributed by atoms with E-state index in [1.807, 2.05) is 17.8 Å². The summed E-state index contributed by atoms with van der Waals surface area (Å²) in [4.78, 5) is 3.30. The minimum atomic E-state index is 0.927. The lowest BCUT2D eigenvalue weighted by molar-refractivity contribution is 0.415. The number of benzene rings is 1. The Bertz CT molecular complexity index is 464. The molecule has 0 radical (unpaired) electrons. The molecule has 0 unspecified atom stereocenters. The zero-order valence-corrected chi connectivity index (χ0v) is 10.6. The summed E-state index contributed by atoms with van der Waals surface area (Å²) in [6.45, 7) is 2.20. The monoisotopic (exact) mass is 235 g/mol. The van der Waals surface area contributed by atoms with Gasteiger partial charge in [-0.05, 0) is 41.7 Å². The van der Waals surface area contributed by atoms with Crippen molar-refractivity contribution in [3.63, 3.8) is 0 Å². The Labute approximate surface area is 100 Å². The minimum absolute atomic E-state index is 0.927. The average molecular weight is 235 g/mol.